The third kappa shape index (κ3) is 12.6. The third-order valence-electron chi connectivity index (χ3n) is 5.63. The minimum absolute atomic E-state index is 0.166. The molecule has 1 N–H and O–H groups in total. The van der Waals surface area contributed by atoms with Crippen LogP contribution in [-0.4, -0.2) is 43.4 Å². The number of hydrogen-bond donors (Lipinski definition) is 1. The molecule has 3 nitrogen and oxygen atoms in total. The molecule has 0 saturated carbocycles. The predicted molar refractivity (Wildman–Crippen MR) is 109 cm³/mol. The Morgan fingerprint density at radius 2 is 1.20 bits per heavy atom. The van der Waals surface area contributed by atoms with Crippen LogP contribution in [0.2, 0.25) is 0 Å². The number of carbonyl (C=O) groups excluding carboxylic acids is 1. The first kappa shape index (κ1) is 22.6. The first-order chi connectivity index (χ1) is 12.4. The summed E-state index contributed by atoms with van der Waals surface area (Å²) < 4.78 is 0. The van der Waals surface area contributed by atoms with Gasteiger partial charge in [-0.25, -0.2) is 0 Å². The number of nitrogens with one attached hydrogen (secondary N) is 1. The molecule has 0 aromatic rings. The van der Waals surface area contributed by atoms with Crippen LogP contribution in [0.3, 0.4) is 0 Å². The van der Waals surface area contributed by atoms with Crippen LogP contribution in [0, 0.1) is 0 Å². The maximum atomic E-state index is 11.3. The van der Waals surface area contributed by atoms with Crippen molar-refractivity contribution in [3.05, 3.63) is 0 Å². The number of rotatable bonds is 17. The number of hydrogen-bond acceptors (Lipinski definition) is 3. The summed E-state index contributed by atoms with van der Waals surface area (Å²) in [5, 5.41) is 3.36. The molecule has 3 heteroatoms. The molecule has 1 unspecified atom stereocenters. The summed E-state index contributed by atoms with van der Waals surface area (Å²) in [6.45, 7) is 6.41. The Labute approximate surface area is 157 Å². The number of carbonyl (C=O) groups is 1. The van der Waals surface area contributed by atoms with Gasteiger partial charge in [-0.3, -0.25) is 4.90 Å². The molecule has 0 aromatic heterocycles. The molecule has 1 saturated heterocycles. The van der Waals surface area contributed by atoms with Crippen molar-refractivity contribution in [3.8, 4) is 0 Å². The van der Waals surface area contributed by atoms with Gasteiger partial charge in [0.25, 0.3) is 0 Å². The van der Waals surface area contributed by atoms with Crippen molar-refractivity contribution < 1.29 is 4.79 Å². The van der Waals surface area contributed by atoms with Gasteiger partial charge in [0.05, 0.1) is 6.04 Å². The van der Waals surface area contributed by atoms with Gasteiger partial charge in [0.1, 0.15) is 6.29 Å². The first-order valence-electron chi connectivity index (χ1n) is 11.3. The van der Waals surface area contributed by atoms with Crippen LogP contribution in [0.4, 0.5) is 0 Å². The van der Waals surface area contributed by atoms with Gasteiger partial charge in [-0.05, 0) is 6.42 Å². The highest BCUT2D eigenvalue weighted by Crippen LogP contribution is 2.14. The molecule has 0 radical (unpaired) electrons. The summed E-state index contributed by atoms with van der Waals surface area (Å²) in [4.78, 5) is 13.7. The lowest BCUT2D eigenvalue weighted by molar-refractivity contribution is -0.112. The lowest BCUT2D eigenvalue weighted by Crippen LogP contribution is -2.49. The highest BCUT2D eigenvalue weighted by molar-refractivity contribution is 5.57. The number of aldehydes is 1. The second-order valence-electron chi connectivity index (χ2n) is 7.87. The van der Waals surface area contributed by atoms with Crippen molar-refractivity contribution in [3.63, 3.8) is 0 Å². The molecule has 1 fully saturated rings. The molecular weight excluding hydrogens is 308 g/mol. The van der Waals surface area contributed by atoms with E-state index in [9.17, 15) is 4.79 Å². The quantitative estimate of drug-likeness (QED) is 0.284. The van der Waals surface area contributed by atoms with Crippen LogP contribution in [0.25, 0.3) is 0 Å². The molecule has 1 aliphatic rings. The Kier molecular flexibility index (Phi) is 15.4. The fourth-order valence-electron chi connectivity index (χ4n) is 3.90. The Balaban J connectivity index is 1.81. The summed E-state index contributed by atoms with van der Waals surface area (Å²) in [6.07, 6.45) is 21.7. The van der Waals surface area contributed by atoms with Crippen LogP contribution >= 0.6 is 0 Å². The standard InChI is InChI=1S/C22H44N2O/c1-2-3-4-5-6-7-8-9-10-11-12-13-14-15-16-22(21-25)24-19-17-23-18-20-24/h21-23H,2-20H2,1H3. The molecule has 1 atom stereocenters. The fourth-order valence-corrected chi connectivity index (χ4v) is 3.90. The van der Waals surface area contributed by atoms with Gasteiger partial charge in [0.2, 0.25) is 0 Å². The van der Waals surface area contributed by atoms with Gasteiger partial charge in [0.15, 0.2) is 0 Å². The van der Waals surface area contributed by atoms with Gasteiger partial charge in [0, 0.05) is 26.2 Å². The number of unbranched alkanes of at least 4 members (excludes halogenated alkanes) is 13. The molecule has 148 valence electrons. The summed E-state index contributed by atoms with van der Waals surface area (Å²) in [5.41, 5.74) is 0. The van der Waals surface area contributed by atoms with E-state index in [1.165, 1.54) is 96.2 Å². The summed E-state index contributed by atoms with van der Waals surface area (Å²) >= 11 is 0. The second kappa shape index (κ2) is 17.0. The molecule has 1 rings (SSSR count). The van der Waals surface area contributed by atoms with Crippen molar-refractivity contribution in [1.82, 2.24) is 10.2 Å². The lowest BCUT2D eigenvalue weighted by Gasteiger charge is -2.31. The third-order valence-corrected chi connectivity index (χ3v) is 5.63. The second-order valence-corrected chi connectivity index (χ2v) is 7.87. The van der Waals surface area contributed by atoms with Crippen LogP contribution in [0.5, 0.6) is 0 Å². The van der Waals surface area contributed by atoms with Crippen molar-refractivity contribution in [2.45, 2.75) is 109 Å². The van der Waals surface area contributed by atoms with Crippen molar-refractivity contribution in [2.75, 3.05) is 26.2 Å². The minimum atomic E-state index is 0.166. The number of piperazine rings is 1. The number of nitrogens with zero attached hydrogens (tertiary/aromatic N) is 1. The van der Waals surface area contributed by atoms with Gasteiger partial charge < -0.3 is 10.1 Å². The van der Waals surface area contributed by atoms with Gasteiger partial charge in [-0.1, -0.05) is 96.8 Å². The van der Waals surface area contributed by atoms with E-state index in [1.807, 2.05) is 0 Å². The summed E-state index contributed by atoms with van der Waals surface area (Å²) in [6, 6.07) is 0.166. The van der Waals surface area contributed by atoms with Gasteiger partial charge in [-0.2, -0.15) is 0 Å². The van der Waals surface area contributed by atoms with Crippen molar-refractivity contribution in [2.24, 2.45) is 0 Å². The first-order valence-corrected chi connectivity index (χ1v) is 11.3. The smallest absolute Gasteiger partial charge is 0.137 e. The Bertz CT molecular complexity index is 290. The van der Waals surface area contributed by atoms with Crippen molar-refractivity contribution in [1.29, 1.82) is 0 Å². The van der Waals surface area contributed by atoms with Crippen LogP contribution in [-0.2, 0) is 4.79 Å². The van der Waals surface area contributed by atoms with Crippen LogP contribution in [0.1, 0.15) is 103 Å². The molecule has 0 aromatic carbocycles. The lowest BCUT2D eigenvalue weighted by atomic mass is 10.0. The molecular formula is C22H44N2O. The predicted octanol–water partition coefficient (Wildman–Crippen LogP) is 5.33. The monoisotopic (exact) mass is 352 g/mol. The highest BCUT2D eigenvalue weighted by atomic mass is 16.1. The Hall–Kier alpha value is -0.410. The molecule has 0 amide bonds. The zero-order chi connectivity index (χ0) is 18.0. The SMILES string of the molecule is CCCCCCCCCCCCCCCCC(C=O)N1CCNCC1. The van der Waals surface area contributed by atoms with E-state index in [4.69, 9.17) is 0 Å². The maximum Gasteiger partial charge on any atom is 0.137 e. The molecule has 1 heterocycles. The molecule has 0 bridgehead atoms. The average Bonchev–Trinajstić information content (AvgIpc) is 2.66. The zero-order valence-electron chi connectivity index (χ0n) is 16.9. The Morgan fingerprint density at radius 3 is 1.64 bits per heavy atom. The molecule has 0 spiro atoms. The van der Waals surface area contributed by atoms with E-state index < -0.39 is 0 Å². The summed E-state index contributed by atoms with van der Waals surface area (Å²) in [7, 11) is 0. The van der Waals surface area contributed by atoms with Gasteiger partial charge >= 0.3 is 0 Å². The molecule has 0 aliphatic carbocycles. The van der Waals surface area contributed by atoms with E-state index >= 15 is 0 Å². The molecule has 25 heavy (non-hydrogen) atoms. The topological polar surface area (TPSA) is 32.3 Å². The normalized spacial score (nSPS) is 16.8. The van der Waals surface area contributed by atoms with E-state index in [-0.39, 0.29) is 6.04 Å². The minimum Gasteiger partial charge on any atom is -0.314 e. The van der Waals surface area contributed by atoms with Gasteiger partial charge in [-0.15, -0.1) is 0 Å². The largest absolute Gasteiger partial charge is 0.314 e. The highest BCUT2D eigenvalue weighted by Gasteiger charge is 2.18. The van der Waals surface area contributed by atoms with E-state index in [0.717, 1.165) is 32.6 Å². The summed E-state index contributed by atoms with van der Waals surface area (Å²) in [5.74, 6) is 0. The van der Waals surface area contributed by atoms with Crippen LogP contribution < -0.4 is 5.32 Å². The fraction of sp³-hybridized carbons (Fsp3) is 0.955. The molecule has 1 aliphatic heterocycles. The van der Waals surface area contributed by atoms with E-state index in [2.05, 4.69) is 17.1 Å². The van der Waals surface area contributed by atoms with E-state index in [1.54, 1.807) is 0 Å². The van der Waals surface area contributed by atoms with Crippen molar-refractivity contribution >= 4 is 6.29 Å². The zero-order valence-corrected chi connectivity index (χ0v) is 16.9. The Morgan fingerprint density at radius 1 is 0.760 bits per heavy atom. The average molecular weight is 353 g/mol. The van der Waals surface area contributed by atoms with E-state index in [0.29, 0.717) is 0 Å². The maximum absolute atomic E-state index is 11.3. The van der Waals surface area contributed by atoms with Crippen LogP contribution in [0.15, 0.2) is 0 Å².